The lowest BCUT2D eigenvalue weighted by Gasteiger charge is -2.17. The number of hydrogen-bond acceptors (Lipinski definition) is 4. The van der Waals surface area contributed by atoms with Gasteiger partial charge in [-0.05, 0) is 74.9 Å². The SMILES string of the molecule is CC/C(=C(/CC)c1ccc(C(C)=O)c(C(C)=O)c1)c1ccc(C(C)=O)c(C(C)=O)c1. The largest absolute Gasteiger partial charge is 0.294 e. The molecular weight excluding hydrogens is 376 g/mol. The van der Waals surface area contributed by atoms with Crippen molar-refractivity contribution in [3.63, 3.8) is 0 Å². The molecule has 0 N–H and O–H groups in total. The average Bonchev–Trinajstić information content (AvgIpc) is 2.70. The molecule has 0 saturated heterocycles. The Morgan fingerprint density at radius 3 is 1.07 bits per heavy atom. The van der Waals surface area contributed by atoms with Crippen LogP contribution in [0.3, 0.4) is 0 Å². The van der Waals surface area contributed by atoms with Gasteiger partial charge >= 0.3 is 0 Å². The zero-order valence-corrected chi connectivity index (χ0v) is 18.5. The zero-order valence-electron chi connectivity index (χ0n) is 18.5. The molecule has 0 spiro atoms. The molecule has 0 amide bonds. The molecule has 0 aliphatic heterocycles. The Balaban J connectivity index is 2.76. The molecule has 2 aromatic rings. The van der Waals surface area contributed by atoms with Crippen LogP contribution in [0.25, 0.3) is 11.1 Å². The minimum atomic E-state index is -0.153. The van der Waals surface area contributed by atoms with Gasteiger partial charge in [0.2, 0.25) is 0 Å². The first-order valence-electron chi connectivity index (χ1n) is 10.2. The van der Waals surface area contributed by atoms with E-state index >= 15 is 0 Å². The summed E-state index contributed by atoms with van der Waals surface area (Å²) in [6, 6.07) is 10.7. The number of ketones is 4. The first-order valence-corrected chi connectivity index (χ1v) is 10.2. The van der Waals surface area contributed by atoms with Gasteiger partial charge in [-0.1, -0.05) is 38.1 Å². The molecule has 156 valence electrons. The van der Waals surface area contributed by atoms with Crippen LogP contribution in [0.5, 0.6) is 0 Å². The predicted molar refractivity (Wildman–Crippen MR) is 120 cm³/mol. The average molecular weight is 405 g/mol. The second-order valence-electron chi connectivity index (χ2n) is 7.41. The molecule has 0 aliphatic rings. The predicted octanol–water partition coefficient (Wildman–Crippen LogP) is 6.23. The van der Waals surface area contributed by atoms with Crippen molar-refractivity contribution in [1.29, 1.82) is 0 Å². The summed E-state index contributed by atoms with van der Waals surface area (Å²) in [6.45, 7) is 9.90. The number of allylic oxidation sites excluding steroid dienone is 2. The molecule has 30 heavy (non-hydrogen) atoms. The van der Waals surface area contributed by atoms with E-state index in [9.17, 15) is 19.2 Å². The Morgan fingerprint density at radius 2 is 0.833 bits per heavy atom. The van der Waals surface area contributed by atoms with Gasteiger partial charge in [-0.3, -0.25) is 19.2 Å². The zero-order chi connectivity index (χ0) is 22.6. The number of carbonyl (C=O) groups excluding carboxylic acids is 4. The topological polar surface area (TPSA) is 68.3 Å². The van der Waals surface area contributed by atoms with Gasteiger partial charge in [-0.15, -0.1) is 0 Å². The van der Waals surface area contributed by atoms with Crippen molar-refractivity contribution in [2.24, 2.45) is 0 Å². The van der Waals surface area contributed by atoms with E-state index in [1.54, 1.807) is 24.3 Å². The summed E-state index contributed by atoms with van der Waals surface area (Å²) in [4.78, 5) is 48.0. The van der Waals surface area contributed by atoms with Crippen molar-refractivity contribution in [1.82, 2.24) is 0 Å². The van der Waals surface area contributed by atoms with Gasteiger partial charge in [0.1, 0.15) is 0 Å². The molecule has 4 nitrogen and oxygen atoms in total. The van der Waals surface area contributed by atoms with E-state index in [1.807, 2.05) is 26.0 Å². The van der Waals surface area contributed by atoms with Crippen molar-refractivity contribution in [2.45, 2.75) is 54.4 Å². The first kappa shape index (κ1) is 23.1. The molecule has 0 bridgehead atoms. The van der Waals surface area contributed by atoms with Crippen LogP contribution in [-0.2, 0) is 0 Å². The Morgan fingerprint density at radius 1 is 0.533 bits per heavy atom. The molecule has 0 saturated carbocycles. The third-order valence-corrected chi connectivity index (χ3v) is 5.32. The second kappa shape index (κ2) is 9.57. The summed E-state index contributed by atoms with van der Waals surface area (Å²) in [7, 11) is 0. The van der Waals surface area contributed by atoms with Crippen molar-refractivity contribution < 1.29 is 19.2 Å². The van der Waals surface area contributed by atoms with Crippen LogP contribution in [0.15, 0.2) is 36.4 Å². The summed E-state index contributed by atoms with van der Waals surface area (Å²) >= 11 is 0. The van der Waals surface area contributed by atoms with Crippen molar-refractivity contribution in [2.75, 3.05) is 0 Å². The van der Waals surface area contributed by atoms with Crippen LogP contribution in [0.4, 0.5) is 0 Å². The number of hydrogen-bond donors (Lipinski definition) is 0. The lowest BCUT2D eigenvalue weighted by molar-refractivity contribution is 0.0981. The molecule has 0 unspecified atom stereocenters. The minimum Gasteiger partial charge on any atom is -0.294 e. The quantitative estimate of drug-likeness (QED) is 0.386. The van der Waals surface area contributed by atoms with E-state index in [0.29, 0.717) is 35.1 Å². The van der Waals surface area contributed by atoms with E-state index in [1.165, 1.54) is 27.7 Å². The van der Waals surface area contributed by atoms with E-state index in [-0.39, 0.29) is 23.1 Å². The number of rotatable bonds is 8. The van der Waals surface area contributed by atoms with Gasteiger partial charge in [0.15, 0.2) is 23.1 Å². The molecule has 0 heterocycles. The Labute approximate surface area is 178 Å². The minimum absolute atomic E-state index is 0.143. The Hall–Kier alpha value is -3.14. The fourth-order valence-electron chi connectivity index (χ4n) is 3.84. The fraction of sp³-hybridized carbons (Fsp3) is 0.308. The highest BCUT2D eigenvalue weighted by Gasteiger charge is 2.17. The highest BCUT2D eigenvalue weighted by molar-refractivity contribution is 6.09. The van der Waals surface area contributed by atoms with Crippen LogP contribution >= 0.6 is 0 Å². The smallest absolute Gasteiger partial charge is 0.160 e. The van der Waals surface area contributed by atoms with Crippen molar-refractivity contribution in [3.05, 3.63) is 69.8 Å². The van der Waals surface area contributed by atoms with E-state index in [2.05, 4.69) is 0 Å². The third kappa shape index (κ3) is 4.70. The molecule has 0 atom stereocenters. The fourth-order valence-corrected chi connectivity index (χ4v) is 3.84. The summed E-state index contributed by atoms with van der Waals surface area (Å²) in [6.07, 6.45) is 1.42. The first-order chi connectivity index (χ1) is 14.1. The molecule has 0 radical (unpaired) electrons. The molecule has 2 rings (SSSR count). The van der Waals surface area contributed by atoms with Gasteiger partial charge < -0.3 is 0 Å². The molecule has 0 fully saturated rings. The molecule has 0 aliphatic carbocycles. The monoisotopic (exact) mass is 404 g/mol. The van der Waals surface area contributed by atoms with Crippen LogP contribution < -0.4 is 0 Å². The molecular formula is C26H28O4. The molecule has 4 heteroatoms. The normalized spacial score (nSPS) is 11.7. The Bertz CT molecular complexity index is 985. The third-order valence-electron chi connectivity index (χ3n) is 5.32. The van der Waals surface area contributed by atoms with Crippen molar-refractivity contribution >= 4 is 34.3 Å². The summed E-state index contributed by atoms with van der Waals surface area (Å²) in [5.41, 5.74) is 5.51. The van der Waals surface area contributed by atoms with E-state index < -0.39 is 0 Å². The summed E-state index contributed by atoms with van der Waals surface area (Å²) in [5.74, 6) is -0.591. The van der Waals surface area contributed by atoms with Gasteiger partial charge in [0.05, 0.1) is 0 Å². The van der Waals surface area contributed by atoms with E-state index in [4.69, 9.17) is 0 Å². The number of carbonyl (C=O) groups is 4. The summed E-state index contributed by atoms with van der Waals surface area (Å²) in [5, 5.41) is 0. The van der Waals surface area contributed by atoms with Gasteiger partial charge in [-0.25, -0.2) is 0 Å². The lowest BCUT2D eigenvalue weighted by atomic mass is 9.87. The maximum absolute atomic E-state index is 12.1. The van der Waals surface area contributed by atoms with Gasteiger partial charge in [-0.2, -0.15) is 0 Å². The summed E-state index contributed by atoms with van der Waals surface area (Å²) < 4.78 is 0. The van der Waals surface area contributed by atoms with E-state index in [0.717, 1.165) is 22.3 Å². The van der Waals surface area contributed by atoms with Gasteiger partial charge in [0, 0.05) is 22.3 Å². The van der Waals surface area contributed by atoms with Crippen LogP contribution in [0, 0.1) is 0 Å². The molecule has 2 aromatic carbocycles. The van der Waals surface area contributed by atoms with Crippen molar-refractivity contribution in [3.8, 4) is 0 Å². The molecule has 0 aromatic heterocycles. The van der Waals surface area contributed by atoms with Gasteiger partial charge in [0.25, 0.3) is 0 Å². The highest BCUT2D eigenvalue weighted by Crippen LogP contribution is 2.33. The maximum Gasteiger partial charge on any atom is 0.160 e. The number of Topliss-reactive ketones (excluding diaryl/α,β-unsaturated/α-hetero) is 4. The second-order valence-corrected chi connectivity index (χ2v) is 7.41. The van der Waals surface area contributed by atoms with Crippen LogP contribution in [-0.4, -0.2) is 23.1 Å². The Kier molecular flexibility index (Phi) is 7.38. The lowest BCUT2D eigenvalue weighted by Crippen LogP contribution is -2.06. The number of benzene rings is 2. The maximum atomic E-state index is 12.1. The standard InChI is InChI=1S/C26H28O4/c1-7-21(19-9-11-23(15(3)27)25(13-19)17(5)29)22(8-2)20-10-12-24(16(4)28)26(14-20)18(6)30/h9-14H,7-8H2,1-6H3/b22-21+. The highest BCUT2D eigenvalue weighted by atomic mass is 16.1. The van der Waals surface area contributed by atoms with Crippen LogP contribution in [0.2, 0.25) is 0 Å². The van der Waals surface area contributed by atoms with Crippen LogP contribution in [0.1, 0.15) is 107 Å².